The monoisotopic (exact) mass is 248 g/mol. The fourth-order valence-corrected chi connectivity index (χ4v) is 2.47. The lowest BCUT2D eigenvalue weighted by molar-refractivity contribution is 0.0737. The molecule has 2 unspecified atom stereocenters. The standard InChI is InChI=1S/C13H20N4O/c1-4-15-12-7-14-6-11(16-12)13(18)17-8-9(2)5-10(17)3/h6-7,9-10H,4-5,8H2,1-3H3,(H,15,16). The van der Waals surface area contributed by atoms with Crippen LogP contribution in [0.1, 0.15) is 37.7 Å². The summed E-state index contributed by atoms with van der Waals surface area (Å²) in [7, 11) is 0. The first kappa shape index (κ1) is 12.8. The van der Waals surface area contributed by atoms with Gasteiger partial charge in [-0.3, -0.25) is 9.78 Å². The van der Waals surface area contributed by atoms with Crippen molar-refractivity contribution in [3.8, 4) is 0 Å². The van der Waals surface area contributed by atoms with Crippen molar-refractivity contribution < 1.29 is 4.79 Å². The highest BCUT2D eigenvalue weighted by Crippen LogP contribution is 2.23. The molecule has 1 amide bonds. The number of nitrogens with zero attached hydrogens (tertiary/aromatic N) is 3. The van der Waals surface area contributed by atoms with Gasteiger partial charge in [0.05, 0.1) is 12.4 Å². The second kappa shape index (κ2) is 5.33. The first-order valence-electron chi connectivity index (χ1n) is 6.48. The summed E-state index contributed by atoms with van der Waals surface area (Å²) in [5.74, 6) is 1.20. The molecule has 2 rings (SSSR count). The highest BCUT2D eigenvalue weighted by Gasteiger charge is 2.31. The third kappa shape index (κ3) is 2.60. The summed E-state index contributed by atoms with van der Waals surface area (Å²) in [5, 5.41) is 3.07. The van der Waals surface area contributed by atoms with Crippen molar-refractivity contribution in [2.24, 2.45) is 5.92 Å². The molecule has 98 valence electrons. The topological polar surface area (TPSA) is 58.1 Å². The van der Waals surface area contributed by atoms with Gasteiger partial charge in [-0.15, -0.1) is 0 Å². The number of likely N-dealkylation sites (tertiary alicyclic amines) is 1. The Kier molecular flexibility index (Phi) is 3.79. The normalized spacial score (nSPS) is 23.2. The maximum absolute atomic E-state index is 12.4. The van der Waals surface area contributed by atoms with E-state index in [0.717, 1.165) is 19.5 Å². The lowest BCUT2D eigenvalue weighted by Gasteiger charge is -2.20. The molecule has 2 heterocycles. The van der Waals surface area contributed by atoms with Gasteiger partial charge < -0.3 is 10.2 Å². The zero-order valence-corrected chi connectivity index (χ0v) is 11.2. The molecule has 2 atom stereocenters. The summed E-state index contributed by atoms with van der Waals surface area (Å²) in [6.07, 6.45) is 4.24. The molecule has 1 aliphatic heterocycles. The summed E-state index contributed by atoms with van der Waals surface area (Å²) >= 11 is 0. The summed E-state index contributed by atoms with van der Waals surface area (Å²) in [6.45, 7) is 7.82. The van der Waals surface area contributed by atoms with Gasteiger partial charge in [-0.05, 0) is 26.2 Å². The molecule has 1 fully saturated rings. The predicted octanol–water partition coefficient (Wildman–Crippen LogP) is 1.78. The van der Waals surface area contributed by atoms with Crippen LogP contribution < -0.4 is 5.32 Å². The van der Waals surface area contributed by atoms with Crippen molar-refractivity contribution in [2.75, 3.05) is 18.4 Å². The number of carbonyl (C=O) groups is 1. The highest BCUT2D eigenvalue weighted by molar-refractivity contribution is 5.92. The fraction of sp³-hybridized carbons (Fsp3) is 0.615. The van der Waals surface area contributed by atoms with Gasteiger partial charge in [0.15, 0.2) is 0 Å². The van der Waals surface area contributed by atoms with Crippen molar-refractivity contribution in [3.05, 3.63) is 18.1 Å². The minimum Gasteiger partial charge on any atom is -0.369 e. The number of rotatable bonds is 3. The molecule has 1 N–H and O–H groups in total. The Hall–Kier alpha value is -1.65. The fourth-order valence-electron chi connectivity index (χ4n) is 2.47. The van der Waals surface area contributed by atoms with E-state index in [9.17, 15) is 4.79 Å². The van der Waals surface area contributed by atoms with E-state index in [-0.39, 0.29) is 11.9 Å². The number of amides is 1. The molecule has 5 nitrogen and oxygen atoms in total. The number of hydrogen-bond acceptors (Lipinski definition) is 4. The first-order chi connectivity index (χ1) is 8.61. The van der Waals surface area contributed by atoms with Crippen LogP contribution in [0.2, 0.25) is 0 Å². The Morgan fingerprint density at radius 3 is 2.89 bits per heavy atom. The van der Waals surface area contributed by atoms with E-state index in [0.29, 0.717) is 17.4 Å². The number of nitrogens with one attached hydrogen (secondary N) is 1. The summed E-state index contributed by atoms with van der Waals surface area (Å²) in [5.41, 5.74) is 0.425. The second-order valence-corrected chi connectivity index (χ2v) is 4.97. The van der Waals surface area contributed by atoms with Gasteiger partial charge >= 0.3 is 0 Å². The zero-order valence-electron chi connectivity index (χ0n) is 11.2. The van der Waals surface area contributed by atoms with E-state index in [1.807, 2.05) is 11.8 Å². The molecule has 18 heavy (non-hydrogen) atoms. The maximum atomic E-state index is 12.4. The van der Waals surface area contributed by atoms with Crippen LogP contribution in [0.4, 0.5) is 5.82 Å². The van der Waals surface area contributed by atoms with Crippen molar-refractivity contribution >= 4 is 11.7 Å². The van der Waals surface area contributed by atoms with Gasteiger partial charge in [-0.2, -0.15) is 0 Å². The third-order valence-electron chi connectivity index (χ3n) is 3.26. The molecule has 0 bridgehead atoms. The second-order valence-electron chi connectivity index (χ2n) is 4.97. The molecule has 1 aliphatic rings. The molecular weight excluding hydrogens is 228 g/mol. The molecule has 1 saturated heterocycles. The average molecular weight is 248 g/mol. The van der Waals surface area contributed by atoms with Crippen LogP contribution >= 0.6 is 0 Å². The Morgan fingerprint density at radius 1 is 1.50 bits per heavy atom. The van der Waals surface area contributed by atoms with E-state index in [1.165, 1.54) is 0 Å². The van der Waals surface area contributed by atoms with Crippen molar-refractivity contribution in [1.29, 1.82) is 0 Å². The molecular formula is C13H20N4O. The Balaban J connectivity index is 2.15. The summed E-state index contributed by atoms with van der Waals surface area (Å²) < 4.78 is 0. The molecule has 1 aromatic heterocycles. The molecule has 0 saturated carbocycles. The zero-order chi connectivity index (χ0) is 13.1. The minimum atomic E-state index is -0.0147. The van der Waals surface area contributed by atoms with E-state index >= 15 is 0 Å². The smallest absolute Gasteiger partial charge is 0.274 e. The molecule has 0 radical (unpaired) electrons. The molecule has 5 heteroatoms. The number of aromatic nitrogens is 2. The van der Waals surface area contributed by atoms with Crippen LogP contribution in [-0.4, -0.2) is 39.9 Å². The van der Waals surface area contributed by atoms with Crippen LogP contribution in [0.25, 0.3) is 0 Å². The van der Waals surface area contributed by atoms with Gasteiger partial charge in [0.25, 0.3) is 5.91 Å². The van der Waals surface area contributed by atoms with Crippen LogP contribution in [0, 0.1) is 5.92 Å². The molecule has 0 aromatic carbocycles. The SMILES string of the molecule is CCNc1cncc(C(=O)N2CC(C)CC2C)n1. The van der Waals surface area contributed by atoms with Gasteiger partial charge in [0.2, 0.25) is 0 Å². The van der Waals surface area contributed by atoms with E-state index in [4.69, 9.17) is 0 Å². The Labute approximate surface area is 108 Å². The predicted molar refractivity (Wildman–Crippen MR) is 70.5 cm³/mol. The van der Waals surface area contributed by atoms with Crippen molar-refractivity contribution in [1.82, 2.24) is 14.9 Å². The van der Waals surface area contributed by atoms with Gasteiger partial charge in [-0.25, -0.2) is 4.98 Å². The van der Waals surface area contributed by atoms with Crippen molar-refractivity contribution in [3.63, 3.8) is 0 Å². The minimum absolute atomic E-state index is 0.0147. The Bertz CT molecular complexity index is 435. The number of carbonyl (C=O) groups excluding carboxylic acids is 1. The number of hydrogen-bond donors (Lipinski definition) is 1. The molecule has 0 aliphatic carbocycles. The molecule has 1 aromatic rings. The lowest BCUT2D eigenvalue weighted by Crippen LogP contribution is -2.34. The van der Waals surface area contributed by atoms with E-state index < -0.39 is 0 Å². The Morgan fingerprint density at radius 2 is 2.28 bits per heavy atom. The summed E-state index contributed by atoms with van der Waals surface area (Å²) in [6, 6.07) is 0.289. The van der Waals surface area contributed by atoms with Gasteiger partial charge in [0, 0.05) is 19.1 Å². The van der Waals surface area contributed by atoms with Crippen LogP contribution in [0.15, 0.2) is 12.4 Å². The van der Waals surface area contributed by atoms with Gasteiger partial charge in [-0.1, -0.05) is 6.92 Å². The van der Waals surface area contributed by atoms with Crippen molar-refractivity contribution in [2.45, 2.75) is 33.2 Å². The lowest BCUT2D eigenvalue weighted by atomic mass is 10.1. The van der Waals surface area contributed by atoms with E-state index in [1.54, 1.807) is 12.4 Å². The highest BCUT2D eigenvalue weighted by atomic mass is 16.2. The number of anilines is 1. The maximum Gasteiger partial charge on any atom is 0.274 e. The van der Waals surface area contributed by atoms with Crippen LogP contribution in [0.5, 0.6) is 0 Å². The quantitative estimate of drug-likeness (QED) is 0.885. The summed E-state index contributed by atoms with van der Waals surface area (Å²) in [4.78, 5) is 22.6. The average Bonchev–Trinajstić information content (AvgIpc) is 2.68. The largest absolute Gasteiger partial charge is 0.369 e. The first-order valence-corrected chi connectivity index (χ1v) is 6.48. The van der Waals surface area contributed by atoms with Gasteiger partial charge in [0.1, 0.15) is 11.5 Å². The molecule has 0 spiro atoms. The third-order valence-corrected chi connectivity index (χ3v) is 3.26. The van der Waals surface area contributed by atoms with Crippen LogP contribution in [-0.2, 0) is 0 Å². The van der Waals surface area contributed by atoms with E-state index in [2.05, 4.69) is 29.1 Å². The van der Waals surface area contributed by atoms with Crippen LogP contribution in [0.3, 0.4) is 0 Å².